The normalized spacial score (nSPS) is 21.0. The van der Waals surface area contributed by atoms with Gasteiger partial charge in [-0.25, -0.2) is 0 Å². The van der Waals surface area contributed by atoms with E-state index in [-0.39, 0.29) is 23.4 Å². The molecule has 0 spiro atoms. The molecular formula is C31H27NO2. The van der Waals surface area contributed by atoms with Crippen molar-refractivity contribution in [2.75, 3.05) is 0 Å². The van der Waals surface area contributed by atoms with E-state index in [0.29, 0.717) is 12.8 Å². The summed E-state index contributed by atoms with van der Waals surface area (Å²) in [5, 5.41) is 0. The van der Waals surface area contributed by atoms with Crippen LogP contribution in [0.15, 0.2) is 78.5 Å². The largest absolute Gasteiger partial charge is 0.299 e. The zero-order valence-corrected chi connectivity index (χ0v) is 19.4. The first-order valence-electron chi connectivity index (χ1n) is 12.2. The third kappa shape index (κ3) is 3.56. The molecule has 1 heterocycles. The topological polar surface area (TPSA) is 47.0 Å². The predicted molar refractivity (Wildman–Crippen MR) is 134 cm³/mol. The molecule has 0 fully saturated rings. The summed E-state index contributed by atoms with van der Waals surface area (Å²) in [6.07, 6.45) is 6.86. The van der Waals surface area contributed by atoms with Gasteiger partial charge < -0.3 is 0 Å². The van der Waals surface area contributed by atoms with Crippen molar-refractivity contribution >= 4 is 22.7 Å². The Morgan fingerprint density at radius 2 is 1.82 bits per heavy atom. The summed E-state index contributed by atoms with van der Waals surface area (Å²) >= 11 is 0. The van der Waals surface area contributed by atoms with Gasteiger partial charge in [-0.3, -0.25) is 14.6 Å². The summed E-state index contributed by atoms with van der Waals surface area (Å²) in [7, 11) is 0. The Kier molecular flexibility index (Phi) is 5.13. The SMILES string of the molecule is Cc1ccc2c(c1)CC(=O)C=C2CC(=O)C1CCC2=C(Cc3ccccc32)[C@H]1c1ccccn1. The molecule has 0 bridgehead atoms. The number of pyridine rings is 1. The minimum Gasteiger partial charge on any atom is -0.299 e. The molecule has 3 aliphatic carbocycles. The molecule has 3 aliphatic rings. The molecule has 0 saturated heterocycles. The number of allylic oxidation sites excluding steroid dienone is 4. The molecule has 0 N–H and O–H groups in total. The fourth-order valence-electron chi connectivity index (χ4n) is 6.21. The van der Waals surface area contributed by atoms with Crippen LogP contribution in [-0.2, 0) is 22.4 Å². The minimum atomic E-state index is -0.130. The summed E-state index contributed by atoms with van der Waals surface area (Å²) in [5.41, 5.74) is 10.5. The number of nitrogens with zero attached hydrogens (tertiary/aromatic N) is 1. The molecule has 0 radical (unpaired) electrons. The molecule has 1 aromatic heterocycles. The van der Waals surface area contributed by atoms with Crippen molar-refractivity contribution in [3.05, 3.63) is 112 Å². The second-order valence-electron chi connectivity index (χ2n) is 9.83. The van der Waals surface area contributed by atoms with Crippen LogP contribution in [0.25, 0.3) is 11.1 Å². The van der Waals surface area contributed by atoms with Crippen LogP contribution in [-0.4, -0.2) is 16.6 Å². The number of aryl methyl sites for hydroxylation is 1. The van der Waals surface area contributed by atoms with Gasteiger partial charge in [0.15, 0.2) is 5.78 Å². The van der Waals surface area contributed by atoms with Crippen LogP contribution in [0.2, 0.25) is 0 Å². The van der Waals surface area contributed by atoms with E-state index in [1.165, 1.54) is 22.3 Å². The van der Waals surface area contributed by atoms with Crippen molar-refractivity contribution in [1.29, 1.82) is 0 Å². The van der Waals surface area contributed by atoms with Crippen molar-refractivity contribution in [2.45, 2.75) is 44.9 Å². The number of rotatable bonds is 4. The Balaban J connectivity index is 1.36. The smallest absolute Gasteiger partial charge is 0.160 e. The van der Waals surface area contributed by atoms with E-state index in [1.54, 1.807) is 6.08 Å². The first kappa shape index (κ1) is 21.0. The van der Waals surface area contributed by atoms with Crippen molar-refractivity contribution in [3.63, 3.8) is 0 Å². The van der Waals surface area contributed by atoms with Gasteiger partial charge in [0, 0.05) is 36.6 Å². The van der Waals surface area contributed by atoms with Crippen LogP contribution in [0.1, 0.15) is 58.7 Å². The van der Waals surface area contributed by atoms with Crippen LogP contribution < -0.4 is 0 Å². The van der Waals surface area contributed by atoms with Crippen LogP contribution in [0.4, 0.5) is 0 Å². The van der Waals surface area contributed by atoms with E-state index in [4.69, 9.17) is 4.98 Å². The van der Waals surface area contributed by atoms with E-state index in [9.17, 15) is 9.59 Å². The van der Waals surface area contributed by atoms with E-state index >= 15 is 0 Å². The van der Waals surface area contributed by atoms with Crippen LogP contribution in [0, 0.1) is 12.8 Å². The highest BCUT2D eigenvalue weighted by Crippen LogP contribution is 2.51. The van der Waals surface area contributed by atoms with Crippen molar-refractivity contribution in [2.24, 2.45) is 5.92 Å². The van der Waals surface area contributed by atoms with Gasteiger partial charge >= 0.3 is 0 Å². The molecule has 0 aliphatic heterocycles. The van der Waals surface area contributed by atoms with Crippen LogP contribution >= 0.6 is 0 Å². The summed E-state index contributed by atoms with van der Waals surface area (Å²) in [4.78, 5) is 31.1. The minimum absolute atomic E-state index is 0.0118. The van der Waals surface area contributed by atoms with E-state index in [0.717, 1.165) is 47.2 Å². The number of hydrogen-bond acceptors (Lipinski definition) is 3. The second kappa shape index (κ2) is 8.32. The number of fused-ring (bicyclic) bond motifs is 3. The second-order valence-corrected chi connectivity index (χ2v) is 9.83. The number of Topliss-reactive ketones (excluding diaryl/α,β-unsaturated/α-hetero) is 1. The number of hydrogen-bond donors (Lipinski definition) is 0. The average molecular weight is 446 g/mol. The molecule has 2 aromatic carbocycles. The number of benzene rings is 2. The number of carbonyl (C=O) groups is 2. The van der Waals surface area contributed by atoms with Crippen LogP contribution in [0.3, 0.4) is 0 Å². The van der Waals surface area contributed by atoms with Crippen molar-refractivity contribution < 1.29 is 9.59 Å². The standard InChI is InChI=1S/C31H27NO2/c1-19-9-10-24-21(14-19)15-23(33)16-22(24)18-30(34)27-12-11-26-25-7-3-2-6-20(25)17-28(26)31(27)29-8-4-5-13-32-29/h2-10,13-14,16,27,31H,11-12,15,17-18H2,1H3/t27?,31-/m0/s1. The van der Waals surface area contributed by atoms with Gasteiger partial charge in [0.05, 0.1) is 0 Å². The predicted octanol–water partition coefficient (Wildman–Crippen LogP) is 6.06. The molecular weight excluding hydrogens is 418 g/mol. The molecule has 34 heavy (non-hydrogen) atoms. The maximum atomic E-state index is 13.9. The van der Waals surface area contributed by atoms with Crippen molar-refractivity contribution in [1.82, 2.24) is 4.98 Å². The first-order chi connectivity index (χ1) is 16.6. The highest BCUT2D eigenvalue weighted by Gasteiger charge is 2.40. The summed E-state index contributed by atoms with van der Waals surface area (Å²) < 4.78 is 0. The maximum absolute atomic E-state index is 13.9. The first-order valence-corrected chi connectivity index (χ1v) is 12.2. The van der Waals surface area contributed by atoms with Gasteiger partial charge in [-0.2, -0.15) is 0 Å². The van der Waals surface area contributed by atoms with Gasteiger partial charge in [-0.1, -0.05) is 59.7 Å². The zero-order chi connectivity index (χ0) is 23.2. The lowest BCUT2D eigenvalue weighted by molar-refractivity contribution is -0.122. The number of ketones is 2. The van der Waals surface area contributed by atoms with Gasteiger partial charge in [0.1, 0.15) is 5.78 Å². The Bertz CT molecular complexity index is 1380. The van der Waals surface area contributed by atoms with E-state index in [2.05, 4.69) is 48.5 Å². The van der Waals surface area contributed by atoms with Crippen molar-refractivity contribution in [3.8, 4) is 0 Å². The summed E-state index contributed by atoms with van der Waals surface area (Å²) in [6, 6.07) is 20.8. The molecule has 6 rings (SSSR count). The van der Waals surface area contributed by atoms with Gasteiger partial charge in [-0.15, -0.1) is 0 Å². The fraction of sp³-hybridized carbons (Fsp3) is 0.258. The summed E-state index contributed by atoms with van der Waals surface area (Å²) in [6.45, 7) is 2.04. The Labute approximate surface area is 200 Å². The lowest BCUT2D eigenvalue weighted by Crippen LogP contribution is -2.28. The highest BCUT2D eigenvalue weighted by atomic mass is 16.1. The Morgan fingerprint density at radius 1 is 0.971 bits per heavy atom. The fourth-order valence-corrected chi connectivity index (χ4v) is 6.21. The van der Waals surface area contributed by atoms with Crippen LogP contribution in [0.5, 0.6) is 0 Å². The Hall–Kier alpha value is -3.59. The quantitative estimate of drug-likeness (QED) is 0.490. The summed E-state index contributed by atoms with van der Waals surface area (Å²) in [5.74, 6) is 0.157. The lowest BCUT2D eigenvalue weighted by atomic mass is 9.70. The molecule has 3 aromatic rings. The average Bonchev–Trinajstić information content (AvgIpc) is 3.22. The van der Waals surface area contributed by atoms with E-state index < -0.39 is 0 Å². The maximum Gasteiger partial charge on any atom is 0.160 e. The molecule has 0 amide bonds. The van der Waals surface area contributed by atoms with Gasteiger partial charge in [0.25, 0.3) is 0 Å². The third-order valence-corrected chi connectivity index (χ3v) is 7.69. The van der Waals surface area contributed by atoms with Gasteiger partial charge in [0.2, 0.25) is 0 Å². The van der Waals surface area contributed by atoms with Gasteiger partial charge in [-0.05, 0) is 77.8 Å². The molecule has 168 valence electrons. The Morgan fingerprint density at radius 3 is 2.68 bits per heavy atom. The molecule has 3 nitrogen and oxygen atoms in total. The number of carbonyl (C=O) groups excluding carboxylic acids is 2. The zero-order valence-electron chi connectivity index (χ0n) is 19.4. The number of aromatic nitrogens is 1. The molecule has 1 unspecified atom stereocenters. The third-order valence-electron chi connectivity index (χ3n) is 7.69. The monoisotopic (exact) mass is 445 g/mol. The lowest BCUT2D eigenvalue weighted by Gasteiger charge is -2.33. The molecule has 2 atom stereocenters. The molecule has 3 heteroatoms. The highest BCUT2D eigenvalue weighted by molar-refractivity contribution is 6.06. The molecule has 0 saturated carbocycles. The van der Waals surface area contributed by atoms with E-state index in [1.807, 2.05) is 25.3 Å².